The maximum absolute atomic E-state index is 11.8. The molecular weight excluding hydrogens is 292 g/mol. The van der Waals surface area contributed by atoms with E-state index in [1.54, 1.807) is 13.8 Å². The molecule has 0 radical (unpaired) electrons. The Morgan fingerprint density at radius 1 is 1.41 bits per heavy atom. The van der Waals surface area contributed by atoms with Crippen LogP contribution in [-0.4, -0.2) is 34.1 Å². The van der Waals surface area contributed by atoms with Crippen LogP contribution in [0.25, 0.3) is 0 Å². The number of benzene rings is 1. The van der Waals surface area contributed by atoms with Crippen LogP contribution in [-0.2, 0) is 9.59 Å². The van der Waals surface area contributed by atoms with Gasteiger partial charge in [-0.25, -0.2) is 0 Å². The molecule has 8 nitrogen and oxygen atoms in total. The second kappa shape index (κ2) is 7.39. The standard InChI is InChI=1S/C14H18N2O6/c1-14(2,7-6-13(18)19)15-12(17)9-22-11-5-3-4-10(8-11)16(20)21/h3-5,8H,6-7,9H2,1-2H3,(H,15,17)(H,18,19). The summed E-state index contributed by atoms with van der Waals surface area (Å²) < 4.78 is 5.20. The van der Waals surface area contributed by atoms with Crippen LogP contribution in [0.5, 0.6) is 5.75 Å². The van der Waals surface area contributed by atoms with Crippen molar-refractivity contribution >= 4 is 17.6 Å². The predicted molar refractivity (Wildman–Crippen MR) is 77.7 cm³/mol. The van der Waals surface area contributed by atoms with Crippen molar-refractivity contribution in [2.24, 2.45) is 0 Å². The molecule has 0 aliphatic heterocycles. The number of aliphatic carboxylic acids is 1. The van der Waals surface area contributed by atoms with E-state index >= 15 is 0 Å². The molecule has 120 valence electrons. The Morgan fingerprint density at radius 2 is 2.09 bits per heavy atom. The molecule has 2 N–H and O–H groups in total. The zero-order valence-electron chi connectivity index (χ0n) is 12.4. The van der Waals surface area contributed by atoms with Crippen molar-refractivity contribution in [1.29, 1.82) is 0 Å². The first-order valence-corrected chi connectivity index (χ1v) is 6.60. The van der Waals surface area contributed by atoms with Crippen LogP contribution in [0.1, 0.15) is 26.7 Å². The van der Waals surface area contributed by atoms with Gasteiger partial charge in [-0.05, 0) is 26.3 Å². The molecule has 1 aromatic rings. The predicted octanol–water partition coefficient (Wildman–Crippen LogP) is 1.73. The molecule has 0 fully saturated rings. The van der Waals surface area contributed by atoms with Gasteiger partial charge in [-0.2, -0.15) is 0 Å². The van der Waals surface area contributed by atoms with Crippen molar-refractivity contribution in [1.82, 2.24) is 5.32 Å². The summed E-state index contributed by atoms with van der Waals surface area (Å²) in [5, 5.41) is 21.9. The lowest BCUT2D eigenvalue weighted by molar-refractivity contribution is -0.384. The van der Waals surface area contributed by atoms with Crippen LogP contribution >= 0.6 is 0 Å². The Kier molecular flexibility index (Phi) is 5.85. The van der Waals surface area contributed by atoms with Crippen molar-refractivity contribution in [2.75, 3.05) is 6.61 Å². The molecule has 0 aromatic heterocycles. The average Bonchev–Trinajstić information content (AvgIpc) is 2.43. The van der Waals surface area contributed by atoms with Gasteiger partial charge in [0.25, 0.3) is 11.6 Å². The number of nitro groups is 1. The molecule has 0 heterocycles. The van der Waals surface area contributed by atoms with Crippen LogP contribution in [0.2, 0.25) is 0 Å². The molecule has 1 amide bonds. The van der Waals surface area contributed by atoms with Gasteiger partial charge in [0.05, 0.1) is 11.0 Å². The van der Waals surface area contributed by atoms with E-state index in [1.165, 1.54) is 24.3 Å². The van der Waals surface area contributed by atoms with Crippen LogP contribution in [0.15, 0.2) is 24.3 Å². The van der Waals surface area contributed by atoms with Crippen molar-refractivity contribution in [3.63, 3.8) is 0 Å². The van der Waals surface area contributed by atoms with Gasteiger partial charge in [0.1, 0.15) is 5.75 Å². The number of ether oxygens (including phenoxy) is 1. The maximum atomic E-state index is 11.8. The fourth-order valence-electron chi connectivity index (χ4n) is 1.73. The minimum atomic E-state index is -0.935. The SMILES string of the molecule is CC(C)(CCC(=O)O)NC(=O)COc1cccc([N+](=O)[O-])c1. The summed E-state index contributed by atoms with van der Waals surface area (Å²) in [5.41, 5.74) is -0.804. The van der Waals surface area contributed by atoms with Gasteiger partial charge in [0, 0.05) is 18.0 Å². The van der Waals surface area contributed by atoms with E-state index in [0.29, 0.717) is 0 Å². The number of nitrogens with one attached hydrogen (secondary N) is 1. The van der Waals surface area contributed by atoms with Gasteiger partial charge in [-0.1, -0.05) is 6.07 Å². The minimum absolute atomic E-state index is 0.0565. The molecule has 0 bridgehead atoms. The monoisotopic (exact) mass is 310 g/mol. The van der Waals surface area contributed by atoms with E-state index in [-0.39, 0.29) is 30.9 Å². The number of carbonyl (C=O) groups excluding carboxylic acids is 1. The Hall–Kier alpha value is -2.64. The molecule has 1 rings (SSSR count). The van der Waals surface area contributed by atoms with Gasteiger partial charge >= 0.3 is 5.97 Å². The molecule has 0 spiro atoms. The number of carbonyl (C=O) groups is 2. The fourth-order valence-corrected chi connectivity index (χ4v) is 1.73. The number of hydrogen-bond donors (Lipinski definition) is 2. The molecule has 0 atom stereocenters. The van der Waals surface area contributed by atoms with Crippen molar-refractivity contribution in [3.05, 3.63) is 34.4 Å². The summed E-state index contributed by atoms with van der Waals surface area (Å²) in [7, 11) is 0. The first-order chi connectivity index (χ1) is 10.2. The molecular formula is C14H18N2O6. The quantitative estimate of drug-likeness (QED) is 0.557. The smallest absolute Gasteiger partial charge is 0.303 e. The largest absolute Gasteiger partial charge is 0.484 e. The number of amides is 1. The molecule has 22 heavy (non-hydrogen) atoms. The Labute approximate surface area is 127 Å². The highest BCUT2D eigenvalue weighted by atomic mass is 16.6. The van der Waals surface area contributed by atoms with Gasteiger partial charge in [0.15, 0.2) is 6.61 Å². The number of non-ortho nitro benzene ring substituents is 1. The Balaban J connectivity index is 2.50. The number of hydrogen-bond acceptors (Lipinski definition) is 5. The molecule has 0 aliphatic rings. The third-order valence-electron chi connectivity index (χ3n) is 2.84. The number of rotatable bonds is 8. The van der Waals surface area contributed by atoms with Crippen LogP contribution in [0.3, 0.4) is 0 Å². The lowest BCUT2D eigenvalue weighted by Gasteiger charge is -2.25. The minimum Gasteiger partial charge on any atom is -0.484 e. The van der Waals surface area contributed by atoms with Crippen LogP contribution < -0.4 is 10.1 Å². The summed E-state index contributed by atoms with van der Waals surface area (Å²) >= 11 is 0. The second-order valence-electron chi connectivity index (χ2n) is 5.37. The lowest BCUT2D eigenvalue weighted by Crippen LogP contribution is -2.45. The van der Waals surface area contributed by atoms with Crippen LogP contribution in [0, 0.1) is 10.1 Å². The van der Waals surface area contributed by atoms with E-state index < -0.39 is 22.3 Å². The molecule has 0 saturated carbocycles. The van der Waals surface area contributed by atoms with E-state index in [4.69, 9.17) is 9.84 Å². The summed E-state index contributed by atoms with van der Waals surface area (Å²) in [4.78, 5) is 32.4. The average molecular weight is 310 g/mol. The van der Waals surface area contributed by atoms with Gasteiger partial charge < -0.3 is 15.2 Å². The lowest BCUT2D eigenvalue weighted by atomic mass is 9.98. The molecule has 1 aromatic carbocycles. The van der Waals surface area contributed by atoms with Gasteiger partial charge in [-0.15, -0.1) is 0 Å². The fraction of sp³-hybridized carbons (Fsp3) is 0.429. The van der Waals surface area contributed by atoms with Gasteiger partial charge in [-0.3, -0.25) is 19.7 Å². The summed E-state index contributed by atoms with van der Waals surface area (Å²) in [6.45, 7) is 3.11. The number of nitro benzene ring substituents is 1. The number of carboxylic acid groups (broad SMARTS) is 1. The van der Waals surface area contributed by atoms with Crippen LogP contribution in [0.4, 0.5) is 5.69 Å². The third kappa shape index (κ3) is 6.21. The summed E-state index contributed by atoms with van der Waals surface area (Å²) in [5.74, 6) is -1.15. The number of carboxylic acids is 1. The highest BCUT2D eigenvalue weighted by Gasteiger charge is 2.21. The van der Waals surface area contributed by atoms with E-state index in [9.17, 15) is 19.7 Å². The summed E-state index contributed by atoms with van der Waals surface area (Å²) in [6, 6.07) is 5.52. The van der Waals surface area contributed by atoms with E-state index in [2.05, 4.69) is 5.32 Å². The highest BCUT2D eigenvalue weighted by Crippen LogP contribution is 2.19. The van der Waals surface area contributed by atoms with Crippen molar-refractivity contribution < 1.29 is 24.4 Å². The first kappa shape index (κ1) is 17.4. The zero-order valence-corrected chi connectivity index (χ0v) is 12.4. The van der Waals surface area contributed by atoms with E-state index in [1.807, 2.05) is 0 Å². The summed E-state index contributed by atoms with van der Waals surface area (Å²) in [6.07, 6.45) is 0.226. The highest BCUT2D eigenvalue weighted by molar-refractivity contribution is 5.78. The zero-order chi connectivity index (χ0) is 16.8. The maximum Gasteiger partial charge on any atom is 0.303 e. The topological polar surface area (TPSA) is 119 Å². The Bertz CT molecular complexity index is 570. The first-order valence-electron chi connectivity index (χ1n) is 6.60. The second-order valence-corrected chi connectivity index (χ2v) is 5.37. The van der Waals surface area contributed by atoms with E-state index in [0.717, 1.165) is 0 Å². The van der Waals surface area contributed by atoms with Gasteiger partial charge in [0.2, 0.25) is 0 Å². The molecule has 0 aliphatic carbocycles. The van der Waals surface area contributed by atoms with Crippen molar-refractivity contribution in [3.8, 4) is 5.75 Å². The Morgan fingerprint density at radius 3 is 2.68 bits per heavy atom. The molecule has 8 heteroatoms. The third-order valence-corrected chi connectivity index (χ3v) is 2.84. The normalized spacial score (nSPS) is 10.8. The molecule has 0 saturated heterocycles. The number of nitrogens with zero attached hydrogens (tertiary/aromatic N) is 1. The van der Waals surface area contributed by atoms with Crippen molar-refractivity contribution in [2.45, 2.75) is 32.2 Å². The molecule has 0 unspecified atom stereocenters.